The maximum atomic E-state index is 12.0. The summed E-state index contributed by atoms with van der Waals surface area (Å²) in [6, 6.07) is 7.28. The van der Waals surface area contributed by atoms with E-state index in [1.54, 1.807) is 24.0 Å². The molecule has 1 heterocycles. The number of hydrogen-bond donors (Lipinski definition) is 0. The third-order valence-electron chi connectivity index (χ3n) is 2.38. The first-order valence-corrected chi connectivity index (χ1v) is 5.68. The van der Waals surface area contributed by atoms with Crippen molar-refractivity contribution < 1.29 is 4.79 Å². The largest absolute Gasteiger partial charge is 0.287 e. The topological polar surface area (TPSA) is 34.9 Å². The van der Waals surface area contributed by atoms with Crippen LogP contribution in [0.4, 0.5) is 0 Å². The Labute approximate surface area is 102 Å². The fraction of sp³-hybridized carbons (Fsp3) is 0.167. The van der Waals surface area contributed by atoms with Gasteiger partial charge in [-0.25, -0.2) is 0 Å². The molecule has 0 amide bonds. The van der Waals surface area contributed by atoms with Crippen LogP contribution in [0.15, 0.2) is 34.9 Å². The zero-order valence-corrected chi connectivity index (χ0v) is 10.7. The molecule has 0 bridgehead atoms. The van der Waals surface area contributed by atoms with Crippen molar-refractivity contribution in [1.82, 2.24) is 9.78 Å². The molecular weight excluding hydrogens is 268 g/mol. The van der Waals surface area contributed by atoms with Crippen LogP contribution < -0.4 is 0 Å². The minimum atomic E-state index is -0.0544. The van der Waals surface area contributed by atoms with Crippen molar-refractivity contribution in [3.05, 3.63) is 51.8 Å². The van der Waals surface area contributed by atoms with E-state index < -0.39 is 0 Å². The molecule has 0 saturated heterocycles. The van der Waals surface area contributed by atoms with E-state index in [1.807, 2.05) is 25.1 Å². The molecule has 2 rings (SSSR count). The number of benzene rings is 1. The van der Waals surface area contributed by atoms with Crippen LogP contribution in [-0.2, 0) is 7.05 Å². The summed E-state index contributed by atoms with van der Waals surface area (Å²) in [4.78, 5) is 12.0. The van der Waals surface area contributed by atoms with E-state index in [1.165, 1.54) is 0 Å². The Morgan fingerprint density at radius 1 is 1.38 bits per heavy atom. The van der Waals surface area contributed by atoms with Crippen LogP contribution in [0.5, 0.6) is 0 Å². The van der Waals surface area contributed by atoms with Crippen molar-refractivity contribution in [2.75, 3.05) is 0 Å². The highest BCUT2D eigenvalue weighted by molar-refractivity contribution is 9.10. The monoisotopic (exact) mass is 278 g/mol. The average molecular weight is 279 g/mol. The number of ketones is 1. The second-order valence-corrected chi connectivity index (χ2v) is 4.52. The number of nitrogens with zero attached hydrogens (tertiary/aromatic N) is 2. The van der Waals surface area contributed by atoms with Crippen LogP contribution in [0, 0.1) is 6.92 Å². The molecule has 3 nitrogen and oxygen atoms in total. The molecule has 0 radical (unpaired) electrons. The van der Waals surface area contributed by atoms with E-state index in [2.05, 4.69) is 21.0 Å². The standard InChI is InChI=1S/C12H11BrN2O/c1-8-3-4-9(7-10(8)13)12(16)11-5-6-15(2)14-11/h3-7H,1-2H3. The third-order valence-corrected chi connectivity index (χ3v) is 3.23. The fourth-order valence-corrected chi connectivity index (χ4v) is 1.80. The molecule has 0 aliphatic heterocycles. The van der Waals surface area contributed by atoms with Gasteiger partial charge in [0.1, 0.15) is 5.69 Å². The van der Waals surface area contributed by atoms with Crippen molar-refractivity contribution in [2.24, 2.45) is 7.05 Å². The lowest BCUT2D eigenvalue weighted by Gasteiger charge is -2.01. The number of aromatic nitrogens is 2. The number of hydrogen-bond acceptors (Lipinski definition) is 2. The number of carbonyl (C=O) groups excluding carboxylic acids is 1. The van der Waals surface area contributed by atoms with E-state index in [9.17, 15) is 4.79 Å². The van der Waals surface area contributed by atoms with Gasteiger partial charge < -0.3 is 0 Å². The molecule has 0 N–H and O–H groups in total. The molecule has 82 valence electrons. The number of carbonyl (C=O) groups is 1. The lowest BCUT2D eigenvalue weighted by atomic mass is 10.1. The SMILES string of the molecule is Cc1ccc(C(=O)c2ccn(C)n2)cc1Br. The molecule has 0 aliphatic rings. The van der Waals surface area contributed by atoms with E-state index in [-0.39, 0.29) is 5.78 Å². The second-order valence-electron chi connectivity index (χ2n) is 3.67. The molecular formula is C12H11BrN2O. The molecule has 0 atom stereocenters. The maximum Gasteiger partial charge on any atom is 0.213 e. The van der Waals surface area contributed by atoms with Crippen molar-refractivity contribution in [1.29, 1.82) is 0 Å². The van der Waals surface area contributed by atoms with Crippen LogP contribution in [-0.4, -0.2) is 15.6 Å². The van der Waals surface area contributed by atoms with Gasteiger partial charge in [0.25, 0.3) is 0 Å². The zero-order valence-electron chi connectivity index (χ0n) is 9.07. The molecule has 1 aromatic heterocycles. The van der Waals surface area contributed by atoms with Gasteiger partial charge in [-0.3, -0.25) is 9.48 Å². The summed E-state index contributed by atoms with van der Waals surface area (Å²) in [6.45, 7) is 1.99. The average Bonchev–Trinajstić information content (AvgIpc) is 2.68. The van der Waals surface area contributed by atoms with Crippen molar-refractivity contribution >= 4 is 21.7 Å². The van der Waals surface area contributed by atoms with Gasteiger partial charge in [0.05, 0.1) is 0 Å². The van der Waals surface area contributed by atoms with Gasteiger partial charge in [-0.1, -0.05) is 28.1 Å². The molecule has 0 aliphatic carbocycles. The summed E-state index contributed by atoms with van der Waals surface area (Å²) in [5.41, 5.74) is 2.23. The number of halogens is 1. The van der Waals surface area contributed by atoms with E-state index in [4.69, 9.17) is 0 Å². The van der Waals surface area contributed by atoms with Crippen LogP contribution in [0.2, 0.25) is 0 Å². The van der Waals surface area contributed by atoms with E-state index in [0.717, 1.165) is 10.0 Å². The van der Waals surface area contributed by atoms with Gasteiger partial charge in [-0.15, -0.1) is 0 Å². The first kappa shape index (κ1) is 11.1. The van der Waals surface area contributed by atoms with E-state index in [0.29, 0.717) is 11.3 Å². The molecule has 0 unspecified atom stereocenters. The highest BCUT2D eigenvalue weighted by Gasteiger charge is 2.12. The fourth-order valence-electron chi connectivity index (χ4n) is 1.42. The second kappa shape index (κ2) is 4.22. The highest BCUT2D eigenvalue weighted by atomic mass is 79.9. The van der Waals surface area contributed by atoms with Crippen LogP contribution in [0.1, 0.15) is 21.6 Å². The Morgan fingerprint density at radius 2 is 2.12 bits per heavy atom. The maximum absolute atomic E-state index is 12.0. The minimum Gasteiger partial charge on any atom is -0.287 e. The smallest absolute Gasteiger partial charge is 0.213 e. The quantitative estimate of drug-likeness (QED) is 0.792. The summed E-state index contributed by atoms with van der Waals surface area (Å²) in [5.74, 6) is -0.0544. The number of aryl methyl sites for hydroxylation is 2. The van der Waals surface area contributed by atoms with Gasteiger partial charge in [-0.2, -0.15) is 5.10 Å². The molecule has 2 aromatic rings. The summed E-state index contributed by atoms with van der Waals surface area (Å²) in [6.07, 6.45) is 1.76. The van der Waals surface area contributed by atoms with Gasteiger partial charge in [-0.05, 0) is 24.6 Å². The first-order chi connectivity index (χ1) is 7.58. The van der Waals surface area contributed by atoms with E-state index >= 15 is 0 Å². The molecule has 1 aromatic carbocycles. The summed E-state index contributed by atoms with van der Waals surface area (Å²) in [7, 11) is 1.79. The zero-order chi connectivity index (χ0) is 11.7. The molecule has 0 fully saturated rings. The minimum absolute atomic E-state index is 0.0544. The molecule has 0 spiro atoms. The van der Waals surface area contributed by atoms with Crippen LogP contribution >= 0.6 is 15.9 Å². The van der Waals surface area contributed by atoms with Crippen LogP contribution in [0.3, 0.4) is 0 Å². The summed E-state index contributed by atoms with van der Waals surface area (Å²) < 4.78 is 2.56. The van der Waals surface area contributed by atoms with Crippen LogP contribution in [0.25, 0.3) is 0 Å². The Balaban J connectivity index is 2.38. The predicted octanol–water partition coefficient (Wildman–Crippen LogP) is 2.72. The normalized spacial score (nSPS) is 10.4. The first-order valence-electron chi connectivity index (χ1n) is 4.88. The Hall–Kier alpha value is -1.42. The molecule has 16 heavy (non-hydrogen) atoms. The lowest BCUT2D eigenvalue weighted by Crippen LogP contribution is -2.03. The number of rotatable bonds is 2. The third kappa shape index (κ3) is 2.07. The lowest BCUT2D eigenvalue weighted by molar-refractivity contribution is 0.103. The molecule has 0 saturated carbocycles. The van der Waals surface area contributed by atoms with Gasteiger partial charge in [0.2, 0.25) is 5.78 Å². The summed E-state index contributed by atoms with van der Waals surface area (Å²) >= 11 is 3.41. The summed E-state index contributed by atoms with van der Waals surface area (Å²) in [5, 5.41) is 4.09. The van der Waals surface area contributed by atoms with Gasteiger partial charge in [0.15, 0.2) is 0 Å². The predicted molar refractivity (Wildman–Crippen MR) is 65.5 cm³/mol. The molecule has 4 heteroatoms. The Bertz CT molecular complexity index is 546. The Kier molecular flexibility index (Phi) is 2.92. The van der Waals surface area contributed by atoms with Crippen molar-refractivity contribution in [2.45, 2.75) is 6.92 Å². The van der Waals surface area contributed by atoms with Gasteiger partial charge >= 0.3 is 0 Å². The van der Waals surface area contributed by atoms with Crippen molar-refractivity contribution in [3.8, 4) is 0 Å². The Morgan fingerprint density at radius 3 is 2.69 bits per heavy atom. The van der Waals surface area contributed by atoms with Crippen molar-refractivity contribution in [3.63, 3.8) is 0 Å². The highest BCUT2D eigenvalue weighted by Crippen LogP contribution is 2.19. The van der Waals surface area contributed by atoms with Gasteiger partial charge in [0, 0.05) is 23.3 Å².